The van der Waals surface area contributed by atoms with Gasteiger partial charge >= 0.3 is 12.2 Å². The number of likely N-dealkylation sites (N-methyl/N-ethyl adjacent to an activating group) is 1. The lowest BCUT2D eigenvalue weighted by Gasteiger charge is -2.40. The molecule has 0 amide bonds. The molecule has 2 atom stereocenters. The number of likely N-dealkylation sites (tertiary alicyclic amines) is 1. The van der Waals surface area contributed by atoms with Crippen molar-refractivity contribution in [1.82, 2.24) is 24.8 Å². The Bertz CT molecular complexity index is 1590. The van der Waals surface area contributed by atoms with Gasteiger partial charge in [-0.15, -0.1) is 0 Å². The van der Waals surface area contributed by atoms with Crippen LogP contribution in [-0.4, -0.2) is 90.0 Å². The first-order valence-corrected chi connectivity index (χ1v) is 14.7. The lowest BCUT2D eigenvalue weighted by Crippen LogP contribution is -2.50. The van der Waals surface area contributed by atoms with Gasteiger partial charge in [-0.3, -0.25) is 4.79 Å². The zero-order valence-electron chi connectivity index (χ0n) is 24.9. The maximum atomic E-state index is 16.6. The van der Waals surface area contributed by atoms with Crippen LogP contribution in [-0.2, 0) is 11.0 Å². The van der Waals surface area contributed by atoms with Crippen LogP contribution in [0.2, 0.25) is 5.02 Å². The fraction of sp³-hybridized carbons (Fsp3) is 0.467. The molecule has 44 heavy (non-hydrogen) atoms. The van der Waals surface area contributed by atoms with Crippen molar-refractivity contribution in [3.8, 4) is 17.3 Å². The van der Waals surface area contributed by atoms with Crippen molar-refractivity contribution in [1.29, 1.82) is 0 Å². The number of hydrogen-bond donors (Lipinski definition) is 1. The van der Waals surface area contributed by atoms with Crippen molar-refractivity contribution in [3.63, 3.8) is 0 Å². The number of halogens is 5. The number of pyridine rings is 1. The molecule has 2 fully saturated rings. The summed E-state index contributed by atoms with van der Waals surface area (Å²) in [6.07, 6.45) is 0.945. The van der Waals surface area contributed by atoms with Crippen LogP contribution < -0.4 is 15.0 Å². The molecule has 1 unspecified atom stereocenters. The van der Waals surface area contributed by atoms with E-state index in [4.69, 9.17) is 16.3 Å². The van der Waals surface area contributed by atoms with Gasteiger partial charge < -0.3 is 24.8 Å². The topological polar surface area (TPSA) is 86.7 Å². The Labute approximate surface area is 257 Å². The zero-order chi connectivity index (χ0) is 31.8. The molecule has 0 saturated carbocycles. The molecule has 14 heteroatoms. The van der Waals surface area contributed by atoms with E-state index in [1.165, 1.54) is 32.2 Å². The molecular weight excluding hydrogens is 602 g/mol. The third-order valence-corrected chi connectivity index (χ3v) is 8.52. The molecule has 0 bridgehead atoms. The number of aromatic nitrogens is 3. The number of hydrogen-bond acceptors (Lipinski definition) is 9. The van der Waals surface area contributed by atoms with Crippen molar-refractivity contribution < 1.29 is 27.1 Å². The number of nitrogens with one attached hydrogen (secondary N) is 1. The largest absolute Gasteiger partial charge is 0.462 e. The van der Waals surface area contributed by atoms with E-state index >= 15 is 4.39 Å². The lowest BCUT2D eigenvalue weighted by molar-refractivity contribution is -0.137. The highest BCUT2D eigenvalue weighted by Crippen LogP contribution is 2.45. The third kappa shape index (κ3) is 6.25. The van der Waals surface area contributed by atoms with Crippen LogP contribution in [0.15, 0.2) is 24.4 Å². The number of allylic oxidation sites excluding steroid dienone is 1. The number of rotatable bonds is 8. The van der Waals surface area contributed by atoms with Crippen molar-refractivity contribution >= 4 is 40.4 Å². The van der Waals surface area contributed by atoms with E-state index in [1.807, 2.05) is 23.8 Å². The van der Waals surface area contributed by atoms with Gasteiger partial charge in [-0.05, 0) is 64.1 Å². The number of fused-ring (bicyclic) bond motifs is 1. The van der Waals surface area contributed by atoms with E-state index in [-0.39, 0.29) is 52.0 Å². The summed E-state index contributed by atoms with van der Waals surface area (Å²) in [4.78, 5) is 30.1. The minimum Gasteiger partial charge on any atom is -0.462 e. The first-order valence-electron chi connectivity index (χ1n) is 14.3. The highest BCUT2D eigenvalue weighted by atomic mass is 35.5. The van der Waals surface area contributed by atoms with Gasteiger partial charge in [0.05, 0.1) is 21.8 Å². The third-order valence-electron chi connectivity index (χ3n) is 8.22. The fourth-order valence-electron chi connectivity index (χ4n) is 5.95. The molecule has 4 heterocycles. The van der Waals surface area contributed by atoms with Crippen LogP contribution in [0.5, 0.6) is 6.01 Å². The van der Waals surface area contributed by atoms with E-state index in [1.54, 1.807) is 6.20 Å². The molecule has 2 aromatic heterocycles. The molecular formula is C30H34ClF4N7O2. The van der Waals surface area contributed by atoms with Crippen LogP contribution in [0.4, 0.5) is 29.2 Å². The standard InChI is InChI=1S/C30H34ClF4N7O2/c1-17-13-22(36-3)37-27(24(17)30(33,34)35)23-21(31)14-20-26(25(23)32)38-29(44-16-19-7-5-8-40(19)4)39-28(20)42-11-10-41(9-6-12-43)15-18(42)2/h6,9,12-14,18-19H,5,7-8,10-11,15-16H2,1-4H3,(H,36,37)/t18-,19?/m0/s1. The molecule has 2 aliphatic rings. The number of piperazine rings is 1. The average Bonchev–Trinajstić information content (AvgIpc) is 3.38. The Balaban J connectivity index is 1.68. The molecule has 3 aromatic rings. The van der Waals surface area contributed by atoms with E-state index < -0.39 is 28.8 Å². The quantitative estimate of drug-likeness (QED) is 0.195. The summed E-state index contributed by atoms with van der Waals surface area (Å²) >= 11 is 6.61. The van der Waals surface area contributed by atoms with Gasteiger partial charge in [0.15, 0.2) is 5.82 Å². The highest BCUT2D eigenvalue weighted by Gasteiger charge is 2.39. The maximum absolute atomic E-state index is 16.6. The molecule has 0 aliphatic carbocycles. The van der Waals surface area contributed by atoms with Gasteiger partial charge in [-0.25, -0.2) is 9.37 Å². The molecule has 1 N–H and O–H groups in total. The monoisotopic (exact) mass is 635 g/mol. The van der Waals surface area contributed by atoms with E-state index in [0.29, 0.717) is 31.7 Å². The predicted octanol–water partition coefficient (Wildman–Crippen LogP) is 5.55. The number of carbonyl (C=O) groups excluding carboxylic acids is 1. The van der Waals surface area contributed by atoms with Crippen LogP contribution >= 0.6 is 11.6 Å². The minimum absolute atomic E-state index is 0.0837. The van der Waals surface area contributed by atoms with Crippen molar-refractivity contribution in [2.45, 2.75) is 44.9 Å². The molecule has 0 radical (unpaired) electrons. The Morgan fingerprint density at radius 3 is 2.59 bits per heavy atom. The molecule has 1 aromatic carbocycles. The summed E-state index contributed by atoms with van der Waals surface area (Å²) in [5, 5.41) is 2.71. The minimum atomic E-state index is -4.82. The summed E-state index contributed by atoms with van der Waals surface area (Å²) in [5.41, 5.74) is -2.58. The Hall–Kier alpha value is -3.71. The Morgan fingerprint density at radius 2 is 1.95 bits per heavy atom. The molecule has 236 valence electrons. The molecule has 5 rings (SSSR count). The second-order valence-corrected chi connectivity index (χ2v) is 11.6. The van der Waals surface area contributed by atoms with Gasteiger partial charge in [0, 0.05) is 50.4 Å². The molecule has 9 nitrogen and oxygen atoms in total. The summed E-state index contributed by atoms with van der Waals surface area (Å²) in [5.74, 6) is -0.567. The number of carbonyl (C=O) groups is 1. The SMILES string of the molecule is CNc1cc(C)c(C(F)(F)F)c(-c2c(Cl)cc3c(N4CCN(C=CC=O)C[C@@H]4C)nc(OCC4CCCN4C)nc3c2F)n1. The number of benzene rings is 1. The zero-order valence-corrected chi connectivity index (χ0v) is 25.6. The summed E-state index contributed by atoms with van der Waals surface area (Å²) in [6.45, 7) is 6.00. The molecule has 0 spiro atoms. The Morgan fingerprint density at radius 1 is 1.18 bits per heavy atom. The van der Waals surface area contributed by atoms with Crippen LogP contribution in [0.1, 0.15) is 30.9 Å². The van der Waals surface area contributed by atoms with Crippen molar-refractivity contribution in [3.05, 3.63) is 46.4 Å². The highest BCUT2D eigenvalue weighted by molar-refractivity contribution is 6.34. The number of aldehydes is 1. The summed E-state index contributed by atoms with van der Waals surface area (Å²) < 4.78 is 65.6. The van der Waals surface area contributed by atoms with E-state index in [0.717, 1.165) is 19.4 Å². The first kappa shape index (κ1) is 31.7. The normalized spacial score (nSPS) is 19.8. The summed E-state index contributed by atoms with van der Waals surface area (Å²) in [6, 6.07) is 2.55. The van der Waals surface area contributed by atoms with Gasteiger partial charge in [0.2, 0.25) is 0 Å². The second kappa shape index (κ2) is 12.7. The smallest absolute Gasteiger partial charge is 0.418 e. The van der Waals surface area contributed by atoms with E-state index in [2.05, 4.69) is 25.2 Å². The number of alkyl halides is 3. The number of aryl methyl sites for hydroxylation is 1. The van der Waals surface area contributed by atoms with Crippen LogP contribution in [0.3, 0.4) is 0 Å². The lowest BCUT2D eigenvalue weighted by atomic mass is 9.98. The van der Waals surface area contributed by atoms with Gasteiger partial charge in [-0.2, -0.15) is 23.1 Å². The fourth-order valence-corrected chi connectivity index (χ4v) is 6.23. The molecule has 2 saturated heterocycles. The van der Waals surface area contributed by atoms with Crippen LogP contribution in [0.25, 0.3) is 22.2 Å². The first-order chi connectivity index (χ1) is 20.9. The van der Waals surface area contributed by atoms with Gasteiger partial charge in [0.25, 0.3) is 0 Å². The van der Waals surface area contributed by atoms with Crippen molar-refractivity contribution in [2.75, 3.05) is 57.1 Å². The van der Waals surface area contributed by atoms with Gasteiger partial charge in [0.1, 0.15) is 30.0 Å². The maximum Gasteiger partial charge on any atom is 0.418 e. The predicted molar refractivity (Wildman–Crippen MR) is 162 cm³/mol. The summed E-state index contributed by atoms with van der Waals surface area (Å²) in [7, 11) is 3.51. The second-order valence-electron chi connectivity index (χ2n) is 11.2. The number of nitrogens with zero attached hydrogens (tertiary/aromatic N) is 6. The Kier molecular flexibility index (Phi) is 9.17. The molecule has 2 aliphatic heterocycles. The van der Waals surface area contributed by atoms with E-state index in [9.17, 15) is 18.0 Å². The van der Waals surface area contributed by atoms with Crippen LogP contribution in [0, 0.1) is 12.7 Å². The number of anilines is 2. The van der Waals surface area contributed by atoms with Gasteiger partial charge in [-0.1, -0.05) is 11.6 Å². The average molecular weight is 636 g/mol. The number of ether oxygens (including phenoxy) is 1. The van der Waals surface area contributed by atoms with Crippen molar-refractivity contribution in [2.24, 2.45) is 0 Å².